The zero-order valence-corrected chi connectivity index (χ0v) is 23.0. The summed E-state index contributed by atoms with van der Waals surface area (Å²) in [6, 6.07) is 6.08. The van der Waals surface area contributed by atoms with Crippen LogP contribution in [0.3, 0.4) is 0 Å². The lowest BCUT2D eigenvalue weighted by Gasteiger charge is -2.17. The first kappa shape index (κ1) is 26.2. The fourth-order valence-electron chi connectivity index (χ4n) is 4.38. The molecule has 1 aromatic carbocycles. The van der Waals surface area contributed by atoms with Crippen LogP contribution in [0.2, 0.25) is 0 Å². The first-order valence-electron chi connectivity index (χ1n) is 12.2. The molecule has 1 N–H and O–H groups in total. The molecule has 1 atom stereocenters. The third kappa shape index (κ3) is 5.59. The third-order valence-corrected chi connectivity index (χ3v) is 8.22. The summed E-state index contributed by atoms with van der Waals surface area (Å²) in [5.41, 5.74) is 3.79. The summed E-state index contributed by atoms with van der Waals surface area (Å²) in [5, 5.41) is 12.8. The minimum absolute atomic E-state index is 0.148. The summed E-state index contributed by atoms with van der Waals surface area (Å²) in [7, 11) is 0. The monoisotopic (exact) mass is 528 g/mol. The number of anilines is 1. The number of ether oxygens (including phenoxy) is 2. The Hall–Kier alpha value is -2.85. The number of aryl methyl sites for hydroxylation is 3. The molecular weight excluding hydrogens is 496 g/mol. The van der Waals surface area contributed by atoms with Crippen molar-refractivity contribution >= 4 is 40.0 Å². The van der Waals surface area contributed by atoms with Crippen LogP contribution in [0.25, 0.3) is 0 Å². The fourth-order valence-corrected chi connectivity index (χ4v) is 6.49. The van der Waals surface area contributed by atoms with E-state index in [1.807, 2.05) is 37.5 Å². The minimum atomic E-state index is -0.368. The quantitative estimate of drug-likeness (QED) is 0.274. The highest BCUT2D eigenvalue weighted by Gasteiger charge is 2.28. The zero-order valence-electron chi connectivity index (χ0n) is 21.3. The third-order valence-electron chi connectivity index (χ3n) is 6.05. The Bertz CT molecular complexity index is 1270. The van der Waals surface area contributed by atoms with Crippen LogP contribution in [-0.4, -0.2) is 39.0 Å². The Morgan fingerprint density at radius 2 is 2.03 bits per heavy atom. The van der Waals surface area contributed by atoms with E-state index < -0.39 is 0 Å². The summed E-state index contributed by atoms with van der Waals surface area (Å²) in [6.07, 6.45) is 2.50. The Morgan fingerprint density at radius 1 is 1.22 bits per heavy atom. The van der Waals surface area contributed by atoms with Crippen molar-refractivity contribution in [2.24, 2.45) is 0 Å². The number of thioether (sulfide) groups is 1. The van der Waals surface area contributed by atoms with Gasteiger partial charge in [-0.1, -0.05) is 29.5 Å². The van der Waals surface area contributed by atoms with Crippen molar-refractivity contribution in [2.45, 2.75) is 71.7 Å². The second kappa shape index (κ2) is 11.5. The van der Waals surface area contributed by atoms with Gasteiger partial charge in [-0.25, -0.2) is 4.79 Å². The number of carbonyl (C=O) groups is 2. The van der Waals surface area contributed by atoms with E-state index in [1.54, 1.807) is 6.92 Å². The maximum Gasteiger partial charge on any atom is 0.341 e. The Kier molecular flexibility index (Phi) is 8.35. The predicted octanol–water partition coefficient (Wildman–Crippen LogP) is 5.51. The molecule has 0 bridgehead atoms. The first-order valence-corrected chi connectivity index (χ1v) is 14.0. The van der Waals surface area contributed by atoms with Crippen LogP contribution in [0.1, 0.15) is 71.0 Å². The summed E-state index contributed by atoms with van der Waals surface area (Å²) >= 11 is 2.79. The summed E-state index contributed by atoms with van der Waals surface area (Å²) in [4.78, 5) is 26.6. The molecule has 192 valence electrons. The highest BCUT2D eigenvalue weighted by Crippen LogP contribution is 2.39. The molecule has 1 aliphatic carbocycles. The molecule has 3 aromatic rings. The molecule has 1 unspecified atom stereocenters. The van der Waals surface area contributed by atoms with Crippen molar-refractivity contribution in [1.82, 2.24) is 14.8 Å². The number of nitrogens with one attached hydrogen (secondary N) is 1. The second-order valence-electron chi connectivity index (χ2n) is 8.73. The Balaban J connectivity index is 1.42. The molecule has 2 heterocycles. The Morgan fingerprint density at radius 3 is 2.75 bits per heavy atom. The molecule has 4 rings (SSSR count). The largest absolute Gasteiger partial charge is 0.482 e. The van der Waals surface area contributed by atoms with E-state index in [1.165, 1.54) is 28.7 Å². The average molecular weight is 529 g/mol. The maximum atomic E-state index is 12.8. The van der Waals surface area contributed by atoms with Gasteiger partial charge in [0.15, 0.2) is 17.1 Å². The Labute approximate surface area is 219 Å². The van der Waals surface area contributed by atoms with Crippen LogP contribution in [0, 0.1) is 13.8 Å². The smallest absolute Gasteiger partial charge is 0.341 e. The standard InChI is InChI=1S/C26H32N4O4S2/c1-6-30-23(17(5)34-19-12-11-15(3)13-16(19)4)28-29-26(30)35-14-21(31)27-24-22(25(32)33-7-2)18-9-8-10-20(18)36-24/h11-13,17H,6-10,14H2,1-5H3,(H,27,31). The van der Waals surface area contributed by atoms with Gasteiger partial charge in [0.2, 0.25) is 5.91 Å². The van der Waals surface area contributed by atoms with Gasteiger partial charge in [0.1, 0.15) is 10.8 Å². The highest BCUT2D eigenvalue weighted by atomic mass is 32.2. The van der Waals surface area contributed by atoms with Crippen molar-refractivity contribution in [3.63, 3.8) is 0 Å². The van der Waals surface area contributed by atoms with Gasteiger partial charge in [0.25, 0.3) is 0 Å². The number of esters is 1. The van der Waals surface area contributed by atoms with E-state index in [0.29, 0.717) is 34.7 Å². The lowest BCUT2D eigenvalue weighted by atomic mass is 10.1. The number of carbonyl (C=O) groups excluding carboxylic acids is 2. The number of hydrogen-bond acceptors (Lipinski definition) is 8. The van der Waals surface area contributed by atoms with Crippen LogP contribution in [-0.2, 0) is 28.9 Å². The molecule has 0 saturated heterocycles. The number of hydrogen-bond donors (Lipinski definition) is 1. The van der Waals surface area contributed by atoms with Crippen molar-refractivity contribution in [1.29, 1.82) is 0 Å². The van der Waals surface area contributed by atoms with Crippen LogP contribution < -0.4 is 10.1 Å². The predicted molar refractivity (Wildman–Crippen MR) is 142 cm³/mol. The van der Waals surface area contributed by atoms with Crippen molar-refractivity contribution in [3.05, 3.63) is 51.2 Å². The normalized spacial score (nSPS) is 13.4. The van der Waals surface area contributed by atoms with Crippen molar-refractivity contribution in [3.8, 4) is 5.75 Å². The molecule has 36 heavy (non-hydrogen) atoms. The highest BCUT2D eigenvalue weighted by molar-refractivity contribution is 7.99. The molecule has 1 aliphatic rings. The van der Waals surface area contributed by atoms with Crippen LogP contribution in [0.15, 0.2) is 23.4 Å². The molecule has 1 amide bonds. The van der Waals surface area contributed by atoms with Gasteiger partial charge in [-0.05, 0) is 71.1 Å². The van der Waals surface area contributed by atoms with Crippen LogP contribution in [0.4, 0.5) is 5.00 Å². The maximum absolute atomic E-state index is 12.8. The van der Waals surface area contributed by atoms with E-state index in [2.05, 4.69) is 28.5 Å². The molecule has 8 nitrogen and oxygen atoms in total. The van der Waals surface area contributed by atoms with E-state index in [4.69, 9.17) is 9.47 Å². The number of rotatable bonds is 10. The second-order valence-corrected chi connectivity index (χ2v) is 10.8. The summed E-state index contributed by atoms with van der Waals surface area (Å²) < 4.78 is 13.4. The SMILES string of the molecule is CCOC(=O)c1c(NC(=O)CSc2nnc(C(C)Oc3ccc(C)cc3C)n2CC)sc2c1CCC2. The van der Waals surface area contributed by atoms with Crippen LogP contribution >= 0.6 is 23.1 Å². The fraction of sp³-hybridized carbons (Fsp3) is 0.462. The molecule has 0 aliphatic heterocycles. The lowest BCUT2D eigenvalue weighted by molar-refractivity contribution is -0.113. The van der Waals surface area contributed by atoms with Gasteiger partial charge in [-0.3, -0.25) is 4.79 Å². The molecule has 0 spiro atoms. The molecular formula is C26H32N4O4S2. The van der Waals surface area contributed by atoms with Gasteiger partial charge in [-0.15, -0.1) is 21.5 Å². The minimum Gasteiger partial charge on any atom is -0.482 e. The van der Waals surface area contributed by atoms with Crippen molar-refractivity contribution in [2.75, 3.05) is 17.7 Å². The summed E-state index contributed by atoms with van der Waals surface area (Å²) in [6.45, 7) is 10.8. The van der Waals surface area contributed by atoms with Crippen molar-refractivity contribution < 1.29 is 19.1 Å². The van der Waals surface area contributed by atoms with E-state index >= 15 is 0 Å². The van der Waals surface area contributed by atoms with Gasteiger partial charge in [0, 0.05) is 11.4 Å². The van der Waals surface area contributed by atoms with Gasteiger partial charge in [-0.2, -0.15) is 0 Å². The topological polar surface area (TPSA) is 95.3 Å². The molecule has 10 heteroatoms. The molecule has 0 saturated carbocycles. The van der Waals surface area contributed by atoms with E-state index in [9.17, 15) is 9.59 Å². The zero-order chi connectivity index (χ0) is 25.8. The first-order chi connectivity index (χ1) is 17.3. The average Bonchev–Trinajstić information content (AvgIpc) is 3.53. The van der Waals surface area contributed by atoms with E-state index in [-0.39, 0.29) is 23.7 Å². The number of nitrogens with zero attached hydrogens (tertiary/aromatic N) is 3. The molecule has 0 fully saturated rings. The van der Waals surface area contributed by atoms with E-state index in [0.717, 1.165) is 41.0 Å². The lowest BCUT2D eigenvalue weighted by Crippen LogP contribution is -2.17. The number of amides is 1. The number of benzene rings is 1. The van der Waals surface area contributed by atoms with Gasteiger partial charge in [0.05, 0.1) is 17.9 Å². The van der Waals surface area contributed by atoms with Gasteiger partial charge >= 0.3 is 5.97 Å². The summed E-state index contributed by atoms with van der Waals surface area (Å²) in [5.74, 6) is 1.10. The molecule has 0 radical (unpaired) electrons. The van der Waals surface area contributed by atoms with Gasteiger partial charge < -0.3 is 19.4 Å². The number of fused-ring (bicyclic) bond motifs is 1. The van der Waals surface area contributed by atoms with Crippen LogP contribution in [0.5, 0.6) is 5.75 Å². The molecule has 2 aromatic heterocycles. The number of thiophene rings is 1. The number of aromatic nitrogens is 3.